The Morgan fingerprint density at radius 1 is 1.03 bits per heavy atom. The zero-order valence-corrected chi connectivity index (χ0v) is 20.4. The maximum absolute atomic E-state index is 11.1. The van der Waals surface area contributed by atoms with Gasteiger partial charge in [0.25, 0.3) is 0 Å². The summed E-state index contributed by atoms with van der Waals surface area (Å²) in [7, 11) is -1.47. The lowest BCUT2D eigenvalue weighted by atomic mass is 9.90. The number of hydrogen-bond acceptors (Lipinski definition) is 4. The van der Waals surface area contributed by atoms with Gasteiger partial charge >= 0.3 is 6.03 Å². The predicted molar refractivity (Wildman–Crippen MR) is 130 cm³/mol. The fraction of sp³-hybridized carbons (Fsp3) is 0.417. The van der Waals surface area contributed by atoms with Gasteiger partial charge in [0.15, 0.2) is 0 Å². The number of anilines is 1. The SMILES string of the molecule is CC(C)c1cc(C#N)cc(C(C)C)c1NC(N)=O.CC(C)c1ccc(S(N)=O)cc1CO. The van der Waals surface area contributed by atoms with Crippen LogP contribution in [0.4, 0.5) is 10.5 Å². The van der Waals surface area contributed by atoms with Gasteiger partial charge in [-0.1, -0.05) is 47.6 Å². The second kappa shape index (κ2) is 12.3. The standard InChI is InChI=1S/C14H19N3O.C10H15NO2S/c1-8(2)11-5-10(7-15)6-12(9(3)4)13(11)17-14(16)18;1-7(2)10-4-3-9(14(11)13)5-8(10)6-12/h5-6,8-9H,1-4H3,(H3,16,17,18);3-5,7,12H,6,11H2,1-2H3. The van der Waals surface area contributed by atoms with Crippen LogP contribution >= 0.6 is 0 Å². The molecule has 0 heterocycles. The first-order chi connectivity index (χ1) is 14.9. The Labute approximate surface area is 193 Å². The number of nitrogens with one attached hydrogen (secondary N) is 1. The number of hydrogen-bond donors (Lipinski definition) is 4. The molecule has 2 aromatic carbocycles. The van der Waals surface area contributed by atoms with Gasteiger partial charge in [-0.15, -0.1) is 0 Å². The molecular weight excluding hydrogens is 424 g/mol. The van der Waals surface area contributed by atoms with Crippen LogP contribution in [0.25, 0.3) is 0 Å². The van der Waals surface area contributed by atoms with Gasteiger partial charge in [0.1, 0.15) is 11.0 Å². The lowest BCUT2D eigenvalue weighted by molar-refractivity contribution is 0.259. The summed E-state index contributed by atoms with van der Waals surface area (Å²) in [5.41, 5.74) is 10.3. The van der Waals surface area contributed by atoms with Crippen LogP contribution in [0.2, 0.25) is 0 Å². The number of carbonyl (C=O) groups excluding carboxylic acids is 1. The van der Waals surface area contributed by atoms with E-state index in [1.54, 1.807) is 12.1 Å². The van der Waals surface area contributed by atoms with E-state index >= 15 is 0 Å². The Balaban J connectivity index is 0.000000330. The van der Waals surface area contributed by atoms with E-state index in [9.17, 15) is 9.00 Å². The molecule has 0 spiro atoms. The molecule has 0 saturated carbocycles. The summed E-state index contributed by atoms with van der Waals surface area (Å²) >= 11 is 0. The second-order valence-electron chi connectivity index (χ2n) is 8.41. The molecule has 32 heavy (non-hydrogen) atoms. The maximum Gasteiger partial charge on any atom is 0.316 e. The van der Waals surface area contributed by atoms with E-state index in [2.05, 4.69) is 11.4 Å². The second-order valence-corrected chi connectivity index (χ2v) is 9.48. The Morgan fingerprint density at radius 3 is 1.88 bits per heavy atom. The first-order valence-electron chi connectivity index (χ1n) is 10.5. The monoisotopic (exact) mass is 458 g/mol. The number of aliphatic hydroxyl groups excluding tert-OH is 1. The van der Waals surface area contributed by atoms with Gasteiger partial charge in [-0.05, 0) is 64.3 Å². The summed E-state index contributed by atoms with van der Waals surface area (Å²) in [6.07, 6.45) is 0. The van der Waals surface area contributed by atoms with Crippen LogP contribution in [0, 0.1) is 11.3 Å². The van der Waals surface area contributed by atoms with E-state index < -0.39 is 17.0 Å². The van der Waals surface area contributed by atoms with Crippen molar-refractivity contribution in [1.29, 1.82) is 5.26 Å². The Hall–Kier alpha value is -2.73. The number of nitriles is 1. The van der Waals surface area contributed by atoms with E-state index in [0.29, 0.717) is 16.4 Å². The molecule has 1 atom stereocenters. The van der Waals surface area contributed by atoms with Crippen molar-refractivity contribution in [2.24, 2.45) is 10.9 Å². The van der Waals surface area contributed by atoms with E-state index in [-0.39, 0.29) is 18.4 Å². The highest BCUT2D eigenvalue weighted by molar-refractivity contribution is 7.82. The molecule has 6 N–H and O–H groups in total. The average molecular weight is 459 g/mol. The number of nitrogens with zero attached hydrogens (tertiary/aromatic N) is 1. The van der Waals surface area contributed by atoms with Crippen LogP contribution in [-0.2, 0) is 17.6 Å². The molecular formula is C24H34N4O3S. The van der Waals surface area contributed by atoms with Crippen LogP contribution in [0.1, 0.15) is 87.1 Å². The highest BCUT2D eigenvalue weighted by Crippen LogP contribution is 2.33. The molecule has 174 valence electrons. The lowest BCUT2D eigenvalue weighted by Gasteiger charge is -2.20. The van der Waals surface area contributed by atoms with Crippen molar-refractivity contribution in [2.75, 3.05) is 5.32 Å². The molecule has 2 amide bonds. The summed E-state index contributed by atoms with van der Waals surface area (Å²) in [6, 6.07) is 10.5. The summed E-state index contributed by atoms with van der Waals surface area (Å²) in [6.45, 7) is 12.1. The molecule has 0 aromatic heterocycles. The zero-order chi connectivity index (χ0) is 24.6. The third-order valence-electron chi connectivity index (χ3n) is 4.96. The van der Waals surface area contributed by atoms with Crippen LogP contribution in [0.3, 0.4) is 0 Å². The minimum absolute atomic E-state index is 0.0431. The first-order valence-corrected chi connectivity index (χ1v) is 11.7. The summed E-state index contributed by atoms with van der Waals surface area (Å²) in [4.78, 5) is 11.7. The van der Waals surface area contributed by atoms with E-state index in [0.717, 1.165) is 27.9 Å². The predicted octanol–water partition coefficient (Wildman–Crippen LogP) is 4.58. The number of nitrogens with two attached hydrogens (primary N) is 2. The molecule has 0 aliphatic carbocycles. The van der Waals surface area contributed by atoms with Gasteiger partial charge in [0, 0.05) is 5.69 Å². The Kier molecular flexibility index (Phi) is 10.5. The minimum Gasteiger partial charge on any atom is -0.392 e. The van der Waals surface area contributed by atoms with Crippen molar-refractivity contribution in [3.63, 3.8) is 0 Å². The molecule has 0 saturated heterocycles. The Bertz CT molecular complexity index is 982. The molecule has 8 heteroatoms. The normalized spacial score (nSPS) is 11.7. The largest absolute Gasteiger partial charge is 0.392 e. The van der Waals surface area contributed by atoms with Crippen LogP contribution in [-0.4, -0.2) is 15.3 Å². The zero-order valence-electron chi connectivity index (χ0n) is 19.6. The maximum atomic E-state index is 11.1. The fourth-order valence-corrected chi connectivity index (χ4v) is 3.80. The average Bonchev–Trinajstić information content (AvgIpc) is 2.72. The summed E-state index contributed by atoms with van der Waals surface area (Å²) in [5.74, 6) is 0.757. The summed E-state index contributed by atoms with van der Waals surface area (Å²) < 4.78 is 11.0. The van der Waals surface area contributed by atoms with E-state index in [1.807, 2.05) is 59.7 Å². The molecule has 7 nitrogen and oxygen atoms in total. The molecule has 0 radical (unpaired) electrons. The molecule has 0 aliphatic heterocycles. The first kappa shape index (κ1) is 27.3. The van der Waals surface area contributed by atoms with Gasteiger partial charge < -0.3 is 16.2 Å². The number of amides is 2. The summed E-state index contributed by atoms with van der Waals surface area (Å²) in [5, 5.41) is 26.1. The van der Waals surface area contributed by atoms with E-state index in [4.69, 9.17) is 21.2 Å². The van der Waals surface area contributed by atoms with Gasteiger partial charge in [0.2, 0.25) is 0 Å². The van der Waals surface area contributed by atoms with E-state index in [1.165, 1.54) is 0 Å². The van der Waals surface area contributed by atoms with Crippen LogP contribution in [0.15, 0.2) is 35.2 Å². The number of primary amides is 1. The number of benzene rings is 2. The lowest BCUT2D eigenvalue weighted by Crippen LogP contribution is -2.22. The van der Waals surface area contributed by atoms with Gasteiger partial charge in [-0.2, -0.15) is 5.26 Å². The minimum atomic E-state index is -1.47. The van der Waals surface area contributed by atoms with Crippen molar-refractivity contribution in [3.8, 4) is 6.07 Å². The highest BCUT2D eigenvalue weighted by Gasteiger charge is 2.17. The molecule has 2 rings (SSSR count). The fourth-order valence-electron chi connectivity index (χ4n) is 3.34. The van der Waals surface area contributed by atoms with Crippen molar-refractivity contribution in [2.45, 2.75) is 70.8 Å². The molecule has 0 fully saturated rings. The Morgan fingerprint density at radius 2 is 1.53 bits per heavy atom. The smallest absolute Gasteiger partial charge is 0.316 e. The molecule has 0 bridgehead atoms. The third-order valence-corrected chi connectivity index (χ3v) is 5.68. The number of carbonyl (C=O) groups is 1. The van der Waals surface area contributed by atoms with Gasteiger partial charge in [0.05, 0.1) is 23.1 Å². The van der Waals surface area contributed by atoms with Gasteiger partial charge in [-0.25, -0.2) is 14.1 Å². The van der Waals surface area contributed by atoms with Crippen molar-refractivity contribution in [1.82, 2.24) is 0 Å². The molecule has 2 aromatic rings. The number of rotatable bonds is 6. The van der Waals surface area contributed by atoms with Crippen molar-refractivity contribution >= 4 is 22.7 Å². The number of urea groups is 1. The van der Waals surface area contributed by atoms with Crippen LogP contribution < -0.4 is 16.2 Å². The topological polar surface area (TPSA) is 142 Å². The van der Waals surface area contributed by atoms with Gasteiger partial charge in [-0.3, -0.25) is 0 Å². The molecule has 1 unspecified atom stereocenters. The molecule has 0 aliphatic rings. The van der Waals surface area contributed by atoms with Crippen LogP contribution in [0.5, 0.6) is 0 Å². The number of aliphatic hydroxyl groups is 1. The highest BCUT2D eigenvalue weighted by atomic mass is 32.2. The van der Waals surface area contributed by atoms with Crippen molar-refractivity contribution in [3.05, 3.63) is 58.1 Å². The third kappa shape index (κ3) is 7.45. The quantitative estimate of drug-likeness (QED) is 0.502. The van der Waals surface area contributed by atoms with Crippen molar-refractivity contribution < 1.29 is 14.1 Å².